The number of rotatable bonds is 9. The standard InChI is InChI=1S/C18H26N4O3S/c1-14-12-16(7-8-17(14)25-4)26(23,24)21-15-6-9-18(20-13-15)19-10-5-11-22(2)3/h6-9,12-13,21H,5,10-11H2,1-4H3,(H,19,20). The number of anilines is 2. The van der Waals surface area contributed by atoms with Gasteiger partial charge in [0.15, 0.2) is 0 Å². The summed E-state index contributed by atoms with van der Waals surface area (Å²) in [6.07, 6.45) is 2.50. The van der Waals surface area contributed by atoms with Gasteiger partial charge in [0.05, 0.1) is 23.9 Å². The predicted molar refractivity (Wildman–Crippen MR) is 104 cm³/mol. The van der Waals surface area contributed by atoms with Crippen LogP contribution in [0.1, 0.15) is 12.0 Å². The van der Waals surface area contributed by atoms with Gasteiger partial charge in [-0.3, -0.25) is 4.72 Å². The van der Waals surface area contributed by atoms with Gasteiger partial charge in [-0.1, -0.05) is 0 Å². The molecule has 2 N–H and O–H groups in total. The van der Waals surface area contributed by atoms with Crippen LogP contribution in [0.15, 0.2) is 41.4 Å². The Morgan fingerprint density at radius 1 is 1.19 bits per heavy atom. The molecular weight excluding hydrogens is 352 g/mol. The summed E-state index contributed by atoms with van der Waals surface area (Å²) in [4.78, 5) is 6.55. The van der Waals surface area contributed by atoms with E-state index in [1.807, 2.05) is 14.1 Å². The zero-order valence-corrected chi connectivity index (χ0v) is 16.4. The third-order valence-electron chi connectivity index (χ3n) is 3.78. The number of benzene rings is 1. The SMILES string of the molecule is COc1ccc(S(=O)(=O)Nc2ccc(NCCCN(C)C)nc2)cc1C. The summed E-state index contributed by atoms with van der Waals surface area (Å²) in [5, 5.41) is 3.21. The third-order valence-corrected chi connectivity index (χ3v) is 5.16. The van der Waals surface area contributed by atoms with Crippen LogP contribution in [0.2, 0.25) is 0 Å². The minimum absolute atomic E-state index is 0.182. The lowest BCUT2D eigenvalue weighted by Crippen LogP contribution is -2.16. The Balaban J connectivity index is 2.00. The molecule has 0 radical (unpaired) electrons. The molecule has 0 saturated carbocycles. The van der Waals surface area contributed by atoms with E-state index in [9.17, 15) is 8.42 Å². The Kier molecular flexibility index (Phi) is 6.82. The van der Waals surface area contributed by atoms with Gasteiger partial charge in [0.2, 0.25) is 0 Å². The van der Waals surface area contributed by atoms with E-state index in [1.54, 1.807) is 38.3 Å². The number of hydrogen-bond donors (Lipinski definition) is 2. The lowest BCUT2D eigenvalue weighted by Gasteiger charge is -2.12. The molecule has 0 unspecified atom stereocenters. The molecule has 0 atom stereocenters. The molecule has 0 fully saturated rings. The van der Waals surface area contributed by atoms with Crippen LogP contribution < -0.4 is 14.8 Å². The van der Waals surface area contributed by atoms with Gasteiger partial charge in [-0.2, -0.15) is 0 Å². The second-order valence-corrected chi connectivity index (χ2v) is 7.94. The zero-order valence-electron chi connectivity index (χ0n) is 15.6. The largest absolute Gasteiger partial charge is 0.496 e. The molecule has 2 rings (SSSR count). The highest BCUT2D eigenvalue weighted by molar-refractivity contribution is 7.92. The van der Waals surface area contributed by atoms with E-state index in [0.29, 0.717) is 17.3 Å². The van der Waals surface area contributed by atoms with Crippen molar-refractivity contribution in [3.8, 4) is 5.75 Å². The molecule has 0 amide bonds. The molecule has 0 aliphatic rings. The van der Waals surface area contributed by atoms with Gasteiger partial charge in [-0.25, -0.2) is 13.4 Å². The van der Waals surface area contributed by atoms with E-state index < -0.39 is 10.0 Å². The molecule has 7 nitrogen and oxygen atoms in total. The highest BCUT2D eigenvalue weighted by atomic mass is 32.2. The maximum atomic E-state index is 12.5. The number of methoxy groups -OCH3 is 1. The zero-order chi connectivity index (χ0) is 19.2. The van der Waals surface area contributed by atoms with E-state index in [2.05, 4.69) is 19.9 Å². The van der Waals surface area contributed by atoms with Crippen LogP contribution in [0.25, 0.3) is 0 Å². The van der Waals surface area contributed by atoms with Crippen LogP contribution in [0.3, 0.4) is 0 Å². The van der Waals surface area contributed by atoms with Crippen LogP contribution in [-0.2, 0) is 10.0 Å². The van der Waals surface area contributed by atoms with Crippen LogP contribution in [0.4, 0.5) is 11.5 Å². The average molecular weight is 378 g/mol. The Morgan fingerprint density at radius 2 is 1.96 bits per heavy atom. The fourth-order valence-corrected chi connectivity index (χ4v) is 3.53. The van der Waals surface area contributed by atoms with Gasteiger partial charge in [0.25, 0.3) is 10.0 Å². The molecule has 1 aromatic heterocycles. The number of aryl methyl sites for hydroxylation is 1. The molecule has 0 spiro atoms. The Labute approximate surface area is 155 Å². The number of nitrogens with zero attached hydrogens (tertiary/aromatic N) is 2. The van der Waals surface area contributed by atoms with Crippen LogP contribution in [0.5, 0.6) is 5.75 Å². The summed E-state index contributed by atoms with van der Waals surface area (Å²) in [5.74, 6) is 1.36. The van der Waals surface area contributed by atoms with E-state index in [-0.39, 0.29) is 4.90 Å². The van der Waals surface area contributed by atoms with E-state index >= 15 is 0 Å². The monoisotopic (exact) mass is 378 g/mol. The molecular formula is C18H26N4O3S. The summed E-state index contributed by atoms with van der Waals surface area (Å²) >= 11 is 0. The van der Waals surface area contributed by atoms with Crippen LogP contribution in [-0.4, -0.2) is 52.6 Å². The Hall–Kier alpha value is -2.32. The molecule has 0 saturated heterocycles. The van der Waals surface area contributed by atoms with Gasteiger partial charge in [0.1, 0.15) is 11.6 Å². The number of aromatic nitrogens is 1. The summed E-state index contributed by atoms with van der Waals surface area (Å²) in [5.41, 5.74) is 1.17. The maximum Gasteiger partial charge on any atom is 0.261 e. The maximum absolute atomic E-state index is 12.5. The van der Waals surface area contributed by atoms with Crippen molar-refractivity contribution in [2.75, 3.05) is 44.3 Å². The highest BCUT2D eigenvalue weighted by Gasteiger charge is 2.15. The highest BCUT2D eigenvalue weighted by Crippen LogP contribution is 2.23. The van der Waals surface area contributed by atoms with Crippen molar-refractivity contribution >= 4 is 21.5 Å². The van der Waals surface area contributed by atoms with Crippen molar-refractivity contribution in [2.24, 2.45) is 0 Å². The number of hydrogen-bond acceptors (Lipinski definition) is 6. The fourth-order valence-electron chi connectivity index (χ4n) is 2.40. The first-order chi connectivity index (χ1) is 12.3. The normalized spacial score (nSPS) is 11.4. The molecule has 142 valence electrons. The second-order valence-electron chi connectivity index (χ2n) is 6.25. The first-order valence-corrected chi connectivity index (χ1v) is 9.82. The molecule has 2 aromatic rings. The number of pyridine rings is 1. The molecule has 8 heteroatoms. The molecule has 0 bridgehead atoms. The van der Waals surface area contributed by atoms with Gasteiger partial charge in [-0.05, 0) is 69.9 Å². The van der Waals surface area contributed by atoms with E-state index in [0.717, 1.165) is 25.1 Å². The molecule has 1 heterocycles. The van der Waals surface area contributed by atoms with Gasteiger partial charge >= 0.3 is 0 Å². The number of sulfonamides is 1. The van der Waals surface area contributed by atoms with Crippen molar-refractivity contribution < 1.29 is 13.2 Å². The molecule has 1 aromatic carbocycles. The topological polar surface area (TPSA) is 83.6 Å². The fraction of sp³-hybridized carbons (Fsp3) is 0.389. The quantitative estimate of drug-likeness (QED) is 0.653. The Morgan fingerprint density at radius 3 is 2.54 bits per heavy atom. The first kappa shape index (κ1) is 20.0. The average Bonchev–Trinajstić information content (AvgIpc) is 2.59. The van der Waals surface area contributed by atoms with Crippen molar-refractivity contribution in [1.82, 2.24) is 9.88 Å². The van der Waals surface area contributed by atoms with Crippen LogP contribution in [0, 0.1) is 6.92 Å². The predicted octanol–water partition coefficient (Wildman–Crippen LogP) is 2.56. The smallest absolute Gasteiger partial charge is 0.261 e. The summed E-state index contributed by atoms with van der Waals surface area (Å²) < 4.78 is 32.7. The summed E-state index contributed by atoms with van der Waals surface area (Å²) in [7, 11) is 1.94. The van der Waals surface area contributed by atoms with Gasteiger partial charge in [-0.15, -0.1) is 0 Å². The molecule has 0 aliphatic heterocycles. The van der Waals surface area contributed by atoms with Gasteiger partial charge in [0, 0.05) is 6.54 Å². The molecule has 0 aliphatic carbocycles. The minimum atomic E-state index is -3.68. The van der Waals surface area contributed by atoms with Crippen molar-refractivity contribution in [3.63, 3.8) is 0 Å². The van der Waals surface area contributed by atoms with Crippen molar-refractivity contribution in [3.05, 3.63) is 42.1 Å². The lowest BCUT2D eigenvalue weighted by atomic mass is 10.2. The second kappa shape index (κ2) is 8.86. The molecule has 26 heavy (non-hydrogen) atoms. The van der Waals surface area contributed by atoms with Crippen molar-refractivity contribution in [1.29, 1.82) is 0 Å². The van der Waals surface area contributed by atoms with E-state index in [1.165, 1.54) is 12.3 Å². The van der Waals surface area contributed by atoms with Crippen LogP contribution >= 0.6 is 0 Å². The third kappa shape index (κ3) is 5.60. The Bertz CT molecular complexity index is 821. The van der Waals surface area contributed by atoms with Crippen molar-refractivity contribution in [2.45, 2.75) is 18.2 Å². The summed E-state index contributed by atoms with van der Waals surface area (Å²) in [6, 6.07) is 8.18. The first-order valence-electron chi connectivity index (χ1n) is 8.34. The number of ether oxygens (including phenoxy) is 1. The summed E-state index contributed by atoms with van der Waals surface area (Å²) in [6.45, 7) is 3.60. The lowest BCUT2D eigenvalue weighted by molar-refractivity contribution is 0.405. The minimum Gasteiger partial charge on any atom is -0.496 e. The van der Waals surface area contributed by atoms with Gasteiger partial charge < -0.3 is 15.0 Å². The van der Waals surface area contributed by atoms with E-state index in [4.69, 9.17) is 4.74 Å². The number of nitrogens with one attached hydrogen (secondary N) is 2.